The second kappa shape index (κ2) is 11.0. The van der Waals surface area contributed by atoms with E-state index in [1.165, 1.54) is 56.7 Å². The lowest BCUT2D eigenvalue weighted by Crippen LogP contribution is -2.37. The molecule has 0 bridgehead atoms. The van der Waals surface area contributed by atoms with Crippen molar-refractivity contribution in [1.82, 2.24) is 10.3 Å². The standard InChI is InChI=1S/C25H21N5O8/c1-36-22-12-17-19(13-23(22)37-2)26-10-9-21(17)38-16-7-8-18(20(31)11-16)28-25(33)29-24(32)27-14-3-5-15(6-4-14)30(34)35/h3-13,31H,1-2H3,(H3,27,28,29,32,33). The quantitative estimate of drug-likeness (QED) is 0.149. The molecule has 0 spiro atoms. The van der Waals surface area contributed by atoms with Gasteiger partial charge >= 0.3 is 12.1 Å². The van der Waals surface area contributed by atoms with Crippen LogP contribution in [0.2, 0.25) is 0 Å². The molecule has 13 heteroatoms. The van der Waals surface area contributed by atoms with Crippen molar-refractivity contribution in [2.45, 2.75) is 0 Å². The summed E-state index contributed by atoms with van der Waals surface area (Å²) < 4.78 is 16.6. The lowest BCUT2D eigenvalue weighted by Gasteiger charge is -2.13. The summed E-state index contributed by atoms with van der Waals surface area (Å²) in [5.41, 5.74) is 0.717. The number of nitrogens with one attached hydrogen (secondary N) is 3. The number of anilines is 2. The molecule has 0 saturated heterocycles. The summed E-state index contributed by atoms with van der Waals surface area (Å²) in [5, 5.41) is 28.5. The molecular weight excluding hydrogens is 498 g/mol. The Labute approximate surface area is 215 Å². The number of benzene rings is 3. The Bertz CT molecular complexity index is 1520. The third-order valence-corrected chi connectivity index (χ3v) is 5.22. The highest BCUT2D eigenvalue weighted by atomic mass is 16.6. The number of hydrogen-bond acceptors (Lipinski definition) is 9. The van der Waals surface area contributed by atoms with E-state index in [-0.39, 0.29) is 28.6 Å². The predicted molar refractivity (Wildman–Crippen MR) is 137 cm³/mol. The van der Waals surface area contributed by atoms with Crippen LogP contribution >= 0.6 is 0 Å². The van der Waals surface area contributed by atoms with Gasteiger partial charge in [-0.15, -0.1) is 0 Å². The molecule has 0 radical (unpaired) electrons. The van der Waals surface area contributed by atoms with Gasteiger partial charge < -0.3 is 30.0 Å². The number of phenols is 1. The number of nitro benzene ring substituents is 1. The minimum atomic E-state index is -0.922. The van der Waals surface area contributed by atoms with E-state index in [2.05, 4.69) is 15.6 Å². The molecule has 0 atom stereocenters. The average Bonchev–Trinajstić information content (AvgIpc) is 2.89. The number of amides is 4. The Morgan fingerprint density at radius 3 is 2.24 bits per heavy atom. The Morgan fingerprint density at radius 1 is 0.895 bits per heavy atom. The maximum atomic E-state index is 12.2. The zero-order chi connectivity index (χ0) is 27.2. The van der Waals surface area contributed by atoms with Gasteiger partial charge in [0.15, 0.2) is 11.5 Å². The molecule has 0 aliphatic heterocycles. The minimum Gasteiger partial charge on any atom is -0.506 e. The molecule has 0 unspecified atom stereocenters. The number of aromatic hydroxyl groups is 1. The first-order valence-corrected chi connectivity index (χ1v) is 10.9. The summed E-state index contributed by atoms with van der Waals surface area (Å²) in [4.78, 5) is 38.7. The number of methoxy groups -OCH3 is 2. The van der Waals surface area contributed by atoms with Gasteiger partial charge in [0.25, 0.3) is 5.69 Å². The number of fused-ring (bicyclic) bond motifs is 1. The number of urea groups is 2. The Balaban J connectivity index is 1.41. The molecule has 4 rings (SSSR count). The van der Waals surface area contributed by atoms with Crippen LogP contribution in [0.5, 0.6) is 28.7 Å². The van der Waals surface area contributed by atoms with Crippen LogP contribution in [0.15, 0.2) is 66.9 Å². The van der Waals surface area contributed by atoms with Gasteiger partial charge in [0.1, 0.15) is 17.2 Å². The number of imide groups is 1. The molecule has 3 aromatic carbocycles. The molecule has 0 aliphatic rings. The Morgan fingerprint density at radius 2 is 1.58 bits per heavy atom. The number of ether oxygens (including phenoxy) is 3. The number of nitrogens with zero attached hydrogens (tertiary/aromatic N) is 2. The molecule has 0 saturated carbocycles. The van der Waals surface area contributed by atoms with Crippen molar-refractivity contribution < 1.29 is 33.8 Å². The van der Waals surface area contributed by atoms with Crippen LogP contribution in [0.3, 0.4) is 0 Å². The molecule has 0 aliphatic carbocycles. The number of nitro groups is 1. The van der Waals surface area contributed by atoms with Crippen molar-refractivity contribution in [1.29, 1.82) is 0 Å². The molecule has 4 N–H and O–H groups in total. The van der Waals surface area contributed by atoms with Crippen LogP contribution in [0.25, 0.3) is 10.9 Å². The highest BCUT2D eigenvalue weighted by molar-refractivity contribution is 6.05. The summed E-state index contributed by atoms with van der Waals surface area (Å²) in [7, 11) is 3.04. The SMILES string of the molecule is COc1cc2nccc(Oc3ccc(NC(=O)NC(=O)Nc4ccc([N+](=O)[O-])cc4)c(O)c3)c2cc1OC. The Hall–Kier alpha value is -5.59. The van der Waals surface area contributed by atoms with Crippen molar-refractivity contribution in [3.8, 4) is 28.7 Å². The Kier molecular flexibility index (Phi) is 7.38. The van der Waals surface area contributed by atoms with Crippen molar-refractivity contribution >= 4 is 40.0 Å². The number of carbonyl (C=O) groups is 2. The maximum Gasteiger partial charge on any atom is 0.327 e. The monoisotopic (exact) mass is 519 g/mol. The zero-order valence-corrected chi connectivity index (χ0v) is 20.1. The molecule has 1 heterocycles. The number of aromatic nitrogens is 1. The van der Waals surface area contributed by atoms with Gasteiger partial charge in [-0.1, -0.05) is 0 Å². The molecule has 13 nitrogen and oxygen atoms in total. The van der Waals surface area contributed by atoms with Crippen LogP contribution in [0.4, 0.5) is 26.7 Å². The van der Waals surface area contributed by atoms with E-state index in [0.29, 0.717) is 28.2 Å². The van der Waals surface area contributed by atoms with E-state index in [0.717, 1.165) is 0 Å². The summed E-state index contributed by atoms with van der Waals surface area (Å²) in [5.74, 6) is 1.40. The van der Waals surface area contributed by atoms with Crippen LogP contribution in [0, 0.1) is 10.1 Å². The normalized spacial score (nSPS) is 10.4. The van der Waals surface area contributed by atoms with E-state index < -0.39 is 17.0 Å². The first-order valence-electron chi connectivity index (χ1n) is 10.9. The van der Waals surface area contributed by atoms with Crippen LogP contribution in [0.1, 0.15) is 0 Å². The third-order valence-electron chi connectivity index (χ3n) is 5.22. The smallest absolute Gasteiger partial charge is 0.327 e. The van der Waals surface area contributed by atoms with E-state index >= 15 is 0 Å². The largest absolute Gasteiger partial charge is 0.506 e. The van der Waals surface area contributed by atoms with Crippen molar-refractivity contribution in [2.75, 3.05) is 24.9 Å². The van der Waals surface area contributed by atoms with Crippen molar-refractivity contribution in [2.24, 2.45) is 0 Å². The van der Waals surface area contributed by atoms with Gasteiger partial charge in [0, 0.05) is 41.5 Å². The number of non-ortho nitro benzene ring substituents is 1. The number of carbonyl (C=O) groups excluding carboxylic acids is 2. The average molecular weight is 519 g/mol. The number of hydrogen-bond donors (Lipinski definition) is 4. The van der Waals surface area contributed by atoms with Crippen molar-refractivity contribution in [3.63, 3.8) is 0 Å². The molecular formula is C25H21N5O8. The van der Waals surface area contributed by atoms with Crippen LogP contribution < -0.4 is 30.2 Å². The summed E-state index contributed by atoms with van der Waals surface area (Å²) in [6.07, 6.45) is 1.56. The van der Waals surface area contributed by atoms with Gasteiger partial charge in [-0.25, -0.2) is 9.59 Å². The second-order valence-corrected chi connectivity index (χ2v) is 7.65. The third kappa shape index (κ3) is 5.79. The zero-order valence-electron chi connectivity index (χ0n) is 20.1. The number of phenolic OH excluding ortho intramolecular Hbond substituents is 1. The van der Waals surface area contributed by atoms with Crippen molar-refractivity contribution in [3.05, 3.63) is 77.0 Å². The second-order valence-electron chi connectivity index (χ2n) is 7.65. The number of rotatable bonds is 7. The van der Waals surface area contributed by atoms with Gasteiger partial charge in [-0.2, -0.15) is 0 Å². The molecule has 38 heavy (non-hydrogen) atoms. The predicted octanol–water partition coefficient (Wildman–Crippen LogP) is 5.01. The summed E-state index contributed by atoms with van der Waals surface area (Å²) >= 11 is 0. The minimum absolute atomic E-state index is 0.0176. The maximum absolute atomic E-state index is 12.2. The van der Waals surface area contributed by atoms with E-state index in [1.807, 2.05) is 5.32 Å². The van der Waals surface area contributed by atoms with Gasteiger partial charge in [0.05, 0.1) is 30.3 Å². The highest BCUT2D eigenvalue weighted by Gasteiger charge is 2.14. The summed E-state index contributed by atoms with van der Waals surface area (Å²) in [6, 6.07) is 12.5. The van der Waals surface area contributed by atoms with Gasteiger partial charge in [-0.3, -0.25) is 20.4 Å². The lowest BCUT2D eigenvalue weighted by atomic mass is 10.2. The highest BCUT2D eigenvalue weighted by Crippen LogP contribution is 2.38. The fourth-order valence-corrected chi connectivity index (χ4v) is 3.43. The molecule has 4 amide bonds. The fourth-order valence-electron chi connectivity index (χ4n) is 3.43. The van der Waals surface area contributed by atoms with Gasteiger partial charge in [-0.05, 0) is 36.4 Å². The fraction of sp³-hybridized carbons (Fsp3) is 0.0800. The lowest BCUT2D eigenvalue weighted by molar-refractivity contribution is -0.384. The van der Waals surface area contributed by atoms with E-state index in [9.17, 15) is 24.8 Å². The first-order chi connectivity index (χ1) is 18.3. The first kappa shape index (κ1) is 25.5. The van der Waals surface area contributed by atoms with Crippen LogP contribution in [-0.2, 0) is 0 Å². The van der Waals surface area contributed by atoms with E-state index in [1.54, 1.807) is 24.4 Å². The molecule has 1 aromatic heterocycles. The molecule has 194 valence electrons. The topological polar surface area (TPSA) is 174 Å². The number of pyridine rings is 1. The van der Waals surface area contributed by atoms with E-state index in [4.69, 9.17) is 14.2 Å². The summed E-state index contributed by atoms with van der Waals surface area (Å²) in [6.45, 7) is 0. The van der Waals surface area contributed by atoms with Crippen LogP contribution in [-0.4, -0.2) is 41.3 Å². The molecule has 0 fully saturated rings. The molecule has 4 aromatic rings. The van der Waals surface area contributed by atoms with Gasteiger partial charge in [0.2, 0.25) is 0 Å².